The molecule has 0 spiro atoms. The summed E-state index contributed by atoms with van der Waals surface area (Å²) in [6, 6.07) is 0. The molecule has 99 valence electrons. The maximum absolute atomic E-state index is 2.43. The van der Waals surface area contributed by atoms with Crippen LogP contribution in [0, 0.1) is 34.5 Å². The van der Waals surface area contributed by atoms with Crippen LogP contribution in [0.15, 0.2) is 58.7 Å². The fourth-order valence-corrected chi connectivity index (χ4v) is 5.00. The van der Waals surface area contributed by atoms with E-state index >= 15 is 0 Å². The quantitative estimate of drug-likeness (QED) is 0.551. The van der Waals surface area contributed by atoms with E-state index in [0.717, 1.165) is 11.8 Å². The van der Waals surface area contributed by atoms with Crippen molar-refractivity contribution in [2.24, 2.45) is 22.7 Å². The number of fused-ring (bicyclic) bond motifs is 3. The summed E-state index contributed by atoms with van der Waals surface area (Å²) in [6.07, 6.45) is 14.4. The molecule has 0 saturated heterocycles. The lowest BCUT2D eigenvalue weighted by Crippen LogP contribution is -2.26. The van der Waals surface area contributed by atoms with Gasteiger partial charge in [-0.3, -0.25) is 0 Å². The molecule has 2 atom stereocenters. The first kappa shape index (κ1) is 11.3. The Morgan fingerprint density at radius 3 is 2.40 bits per heavy atom. The molecule has 1 saturated carbocycles. The van der Waals surface area contributed by atoms with Crippen LogP contribution in [-0.4, -0.2) is 0 Å². The maximum atomic E-state index is 2.43. The molecule has 0 N–H and O–H groups in total. The maximum Gasteiger partial charge on any atom is 0.104 e. The Bertz CT molecular complexity index is 688. The summed E-state index contributed by atoms with van der Waals surface area (Å²) in [4.78, 5) is 0. The van der Waals surface area contributed by atoms with Crippen LogP contribution in [0.5, 0.6) is 0 Å². The van der Waals surface area contributed by atoms with E-state index in [1.807, 2.05) is 0 Å². The van der Waals surface area contributed by atoms with Crippen molar-refractivity contribution in [3.05, 3.63) is 70.6 Å². The number of allylic oxidation sites excluding steroid dienone is 10. The highest BCUT2D eigenvalue weighted by Crippen LogP contribution is 2.75. The average molecular weight is 260 g/mol. The molecule has 0 aromatic heterocycles. The first-order valence-corrected chi connectivity index (χ1v) is 7.71. The predicted molar refractivity (Wildman–Crippen MR) is 82.5 cm³/mol. The molecule has 0 unspecified atom stereocenters. The lowest BCUT2D eigenvalue weighted by atomic mass is 9.64. The van der Waals surface area contributed by atoms with Gasteiger partial charge in [0.05, 0.1) is 29.4 Å². The van der Waals surface area contributed by atoms with Crippen LogP contribution in [0.25, 0.3) is 0 Å². The van der Waals surface area contributed by atoms with Crippen molar-refractivity contribution in [1.29, 1.82) is 0 Å². The van der Waals surface area contributed by atoms with Crippen molar-refractivity contribution in [2.45, 2.75) is 27.7 Å². The van der Waals surface area contributed by atoms with Gasteiger partial charge in [-0.15, -0.1) is 0 Å². The molecular weight excluding hydrogens is 240 g/mol. The zero-order chi connectivity index (χ0) is 13.9. The Kier molecular flexibility index (Phi) is 1.65. The van der Waals surface area contributed by atoms with Gasteiger partial charge in [-0.25, -0.2) is 0 Å². The zero-order valence-corrected chi connectivity index (χ0v) is 12.6. The van der Waals surface area contributed by atoms with E-state index in [2.05, 4.69) is 64.2 Å². The summed E-state index contributed by atoms with van der Waals surface area (Å²) in [5.41, 5.74) is 6.70. The standard InChI is InChI=1S/C20H20/c1-19(2)9-11-5-7-13-16-14(18-17(13)20(18,3)4)8-6-12(10-19)15(11)16/h5-10,17-18H,1-4H3/q+1/t17-,18+. The summed E-state index contributed by atoms with van der Waals surface area (Å²) in [7, 11) is 0. The smallest absolute Gasteiger partial charge is 0.0703 e. The molecular formula is C20H20+. The minimum absolute atomic E-state index is 0.166. The normalized spacial score (nSPS) is 37.5. The molecule has 0 aromatic carbocycles. The van der Waals surface area contributed by atoms with Gasteiger partial charge >= 0.3 is 0 Å². The topological polar surface area (TPSA) is 0 Å². The molecule has 0 heterocycles. The van der Waals surface area contributed by atoms with Gasteiger partial charge in [0.1, 0.15) is 5.92 Å². The van der Waals surface area contributed by atoms with Gasteiger partial charge in [-0.2, -0.15) is 0 Å². The van der Waals surface area contributed by atoms with Crippen LogP contribution in [0.1, 0.15) is 27.7 Å². The Morgan fingerprint density at radius 1 is 0.950 bits per heavy atom. The van der Waals surface area contributed by atoms with E-state index in [1.54, 1.807) is 17.1 Å². The highest BCUT2D eigenvalue weighted by Gasteiger charge is 2.73. The number of hydrogen-bond donors (Lipinski definition) is 0. The molecule has 0 aromatic rings. The minimum Gasteiger partial charge on any atom is -0.0703 e. The van der Waals surface area contributed by atoms with Gasteiger partial charge in [0, 0.05) is 28.1 Å². The molecule has 5 aliphatic carbocycles. The van der Waals surface area contributed by atoms with Gasteiger partial charge in [0.15, 0.2) is 0 Å². The van der Waals surface area contributed by atoms with Crippen LogP contribution >= 0.6 is 0 Å². The van der Waals surface area contributed by atoms with Gasteiger partial charge in [-0.05, 0) is 17.7 Å². The largest absolute Gasteiger partial charge is 0.104 e. The number of rotatable bonds is 0. The Labute approximate surface area is 121 Å². The SMILES string of the molecule is CC1(C)C=C2C=CC3=C4[C]2C(=C1)C=C[C+]4[C@@H]1[C@H]3C1(C)C. The number of hydrogen-bond acceptors (Lipinski definition) is 0. The van der Waals surface area contributed by atoms with Crippen LogP contribution in [0.3, 0.4) is 0 Å². The van der Waals surface area contributed by atoms with E-state index < -0.39 is 0 Å². The summed E-state index contributed by atoms with van der Waals surface area (Å²) >= 11 is 0. The Balaban J connectivity index is 1.74. The average Bonchev–Trinajstić information content (AvgIpc) is 2.77. The second-order valence-electron chi connectivity index (χ2n) is 8.12. The third-order valence-corrected chi connectivity index (χ3v) is 5.84. The highest BCUT2D eigenvalue weighted by atomic mass is 14.7. The van der Waals surface area contributed by atoms with E-state index in [-0.39, 0.29) is 5.41 Å². The zero-order valence-electron chi connectivity index (χ0n) is 12.6. The summed E-state index contributed by atoms with van der Waals surface area (Å²) in [5.74, 6) is 4.65. The first-order valence-electron chi connectivity index (χ1n) is 7.71. The van der Waals surface area contributed by atoms with E-state index in [9.17, 15) is 0 Å². The molecule has 0 bridgehead atoms. The molecule has 1 fully saturated rings. The van der Waals surface area contributed by atoms with Crippen LogP contribution < -0.4 is 0 Å². The van der Waals surface area contributed by atoms with Crippen molar-refractivity contribution >= 4 is 0 Å². The van der Waals surface area contributed by atoms with E-state index in [1.165, 1.54) is 17.1 Å². The second kappa shape index (κ2) is 2.93. The second-order valence-corrected chi connectivity index (χ2v) is 8.12. The van der Waals surface area contributed by atoms with Crippen LogP contribution in [0.2, 0.25) is 0 Å². The Morgan fingerprint density at radius 2 is 1.65 bits per heavy atom. The summed E-state index contributed by atoms with van der Waals surface area (Å²) < 4.78 is 0. The minimum atomic E-state index is 0.166. The molecule has 0 heteroatoms. The lowest BCUT2D eigenvalue weighted by molar-refractivity contribution is 0.548. The Hall–Kier alpha value is -1.43. The summed E-state index contributed by atoms with van der Waals surface area (Å²) in [5, 5.41) is 0. The molecule has 5 aliphatic rings. The molecule has 1 radical (unpaired) electrons. The van der Waals surface area contributed by atoms with Crippen molar-refractivity contribution in [3.8, 4) is 0 Å². The summed E-state index contributed by atoms with van der Waals surface area (Å²) in [6.45, 7) is 9.44. The van der Waals surface area contributed by atoms with Gasteiger partial charge < -0.3 is 0 Å². The van der Waals surface area contributed by atoms with E-state index in [4.69, 9.17) is 0 Å². The monoisotopic (exact) mass is 260 g/mol. The third-order valence-electron chi connectivity index (χ3n) is 5.84. The third kappa shape index (κ3) is 1.09. The molecule has 0 nitrogen and oxygen atoms in total. The van der Waals surface area contributed by atoms with Gasteiger partial charge in [0.2, 0.25) is 0 Å². The van der Waals surface area contributed by atoms with Gasteiger partial charge in [0.25, 0.3) is 0 Å². The van der Waals surface area contributed by atoms with Crippen molar-refractivity contribution < 1.29 is 0 Å². The molecule has 20 heavy (non-hydrogen) atoms. The highest BCUT2D eigenvalue weighted by molar-refractivity contribution is 5.79. The lowest BCUT2D eigenvalue weighted by Gasteiger charge is -2.34. The van der Waals surface area contributed by atoms with Crippen LogP contribution in [-0.2, 0) is 0 Å². The molecule has 5 rings (SSSR count). The molecule has 0 amide bonds. The molecule has 0 aliphatic heterocycles. The van der Waals surface area contributed by atoms with Crippen molar-refractivity contribution in [3.63, 3.8) is 0 Å². The van der Waals surface area contributed by atoms with Crippen molar-refractivity contribution in [1.82, 2.24) is 0 Å². The van der Waals surface area contributed by atoms with Crippen LogP contribution in [0.4, 0.5) is 0 Å². The predicted octanol–water partition coefficient (Wildman–Crippen LogP) is 4.75. The fourth-order valence-electron chi connectivity index (χ4n) is 5.00. The fraction of sp³-hybridized carbons (Fsp3) is 0.400. The van der Waals surface area contributed by atoms with Crippen molar-refractivity contribution in [2.75, 3.05) is 0 Å². The van der Waals surface area contributed by atoms with E-state index in [0.29, 0.717) is 5.41 Å². The van der Waals surface area contributed by atoms with Gasteiger partial charge in [-0.1, -0.05) is 39.8 Å². The first-order chi connectivity index (χ1) is 9.40.